The van der Waals surface area contributed by atoms with Crippen LogP contribution >= 0.6 is 0 Å². The van der Waals surface area contributed by atoms with Crippen molar-refractivity contribution in [2.75, 3.05) is 0 Å². The Morgan fingerprint density at radius 2 is 2.05 bits per heavy atom. The van der Waals surface area contributed by atoms with Gasteiger partial charge in [-0.3, -0.25) is 15.5 Å². The van der Waals surface area contributed by atoms with Gasteiger partial charge in [-0.2, -0.15) is 0 Å². The maximum atomic E-state index is 11.9. The average molecular weight is 279 g/mol. The molecule has 0 aliphatic carbocycles. The second-order valence-electron chi connectivity index (χ2n) is 4.62. The molecule has 0 saturated carbocycles. The molecular weight excluding hydrogens is 266 g/mol. The molecule has 5 heteroatoms. The number of benzene rings is 2. The predicted molar refractivity (Wildman–Crippen MR) is 81.0 cm³/mol. The quantitative estimate of drug-likeness (QED) is 0.497. The molecule has 0 fully saturated rings. The van der Waals surface area contributed by atoms with Crippen molar-refractivity contribution in [3.63, 3.8) is 0 Å². The predicted octanol–water partition coefficient (Wildman–Crippen LogP) is 2.72. The highest BCUT2D eigenvalue weighted by atomic mass is 16.3. The van der Waals surface area contributed by atoms with E-state index in [-0.39, 0.29) is 5.96 Å². The van der Waals surface area contributed by atoms with E-state index >= 15 is 0 Å². The monoisotopic (exact) mass is 279 g/mol. The molecule has 0 aliphatic heterocycles. The minimum atomic E-state index is -0.391. The topological polar surface area (TPSA) is 92.1 Å². The first-order chi connectivity index (χ1) is 10.1. The molecule has 3 aromatic rings. The Morgan fingerprint density at radius 1 is 1.19 bits per heavy atom. The molecule has 0 radical (unpaired) electrons. The van der Waals surface area contributed by atoms with Crippen LogP contribution in [0.4, 0.5) is 0 Å². The van der Waals surface area contributed by atoms with Crippen molar-refractivity contribution in [2.45, 2.75) is 0 Å². The third-order valence-corrected chi connectivity index (χ3v) is 3.22. The van der Waals surface area contributed by atoms with Crippen molar-refractivity contribution in [1.82, 2.24) is 5.32 Å². The van der Waals surface area contributed by atoms with Crippen molar-refractivity contribution < 1.29 is 9.21 Å². The van der Waals surface area contributed by atoms with E-state index < -0.39 is 5.91 Å². The largest absolute Gasteiger partial charge is 0.472 e. The van der Waals surface area contributed by atoms with Gasteiger partial charge in [0.25, 0.3) is 5.91 Å². The Bertz CT molecular complexity index is 823. The molecule has 0 saturated heterocycles. The van der Waals surface area contributed by atoms with Crippen LogP contribution in [-0.4, -0.2) is 11.9 Å². The van der Waals surface area contributed by atoms with Crippen LogP contribution in [0.25, 0.3) is 21.9 Å². The smallest absolute Gasteiger partial charge is 0.257 e. The maximum Gasteiger partial charge on any atom is 0.257 e. The standard InChI is InChI=1S/C16H13N3O2/c17-16(18)19-15(20)11-4-5-14-10(8-11)2-1-3-13(14)12-6-7-21-9-12/h1-9H,(H4,17,18,19,20). The van der Waals surface area contributed by atoms with Gasteiger partial charge in [0, 0.05) is 11.1 Å². The first-order valence-electron chi connectivity index (χ1n) is 6.36. The number of guanidine groups is 1. The van der Waals surface area contributed by atoms with E-state index in [1.54, 1.807) is 24.7 Å². The number of rotatable bonds is 2. The maximum absolute atomic E-state index is 11.9. The SMILES string of the molecule is N=C(N)NC(=O)c1ccc2c(-c3ccoc3)cccc2c1. The number of carbonyl (C=O) groups excluding carboxylic acids is 1. The Kier molecular flexibility index (Phi) is 3.16. The van der Waals surface area contributed by atoms with Gasteiger partial charge in [0.05, 0.1) is 12.5 Å². The Morgan fingerprint density at radius 3 is 2.76 bits per heavy atom. The van der Waals surface area contributed by atoms with Gasteiger partial charge >= 0.3 is 0 Å². The summed E-state index contributed by atoms with van der Waals surface area (Å²) in [4.78, 5) is 11.9. The van der Waals surface area contributed by atoms with Crippen LogP contribution in [0, 0.1) is 5.41 Å². The van der Waals surface area contributed by atoms with Gasteiger partial charge in [-0.15, -0.1) is 0 Å². The van der Waals surface area contributed by atoms with E-state index in [0.717, 1.165) is 21.9 Å². The zero-order valence-corrected chi connectivity index (χ0v) is 11.1. The summed E-state index contributed by atoms with van der Waals surface area (Å²) in [5, 5.41) is 11.3. The lowest BCUT2D eigenvalue weighted by Crippen LogP contribution is -2.35. The molecule has 104 valence electrons. The third-order valence-electron chi connectivity index (χ3n) is 3.22. The molecule has 1 aromatic heterocycles. The number of carbonyl (C=O) groups is 1. The lowest BCUT2D eigenvalue weighted by atomic mass is 9.98. The summed E-state index contributed by atoms with van der Waals surface area (Å²) in [6, 6.07) is 13.1. The molecule has 0 spiro atoms. The third kappa shape index (κ3) is 2.49. The molecule has 5 nitrogen and oxygen atoms in total. The van der Waals surface area contributed by atoms with Crippen molar-refractivity contribution in [3.05, 3.63) is 60.6 Å². The zero-order valence-electron chi connectivity index (χ0n) is 11.1. The second-order valence-corrected chi connectivity index (χ2v) is 4.62. The van der Waals surface area contributed by atoms with E-state index in [4.69, 9.17) is 15.6 Å². The lowest BCUT2D eigenvalue weighted by molar-refractivity contribution is 0.0976. The summed E-state index contributed by atoms with van der Waals surface area (Å²) in [5.41, 5.74) is 7.66. The average Bonchev–Trinajstić information content (AvgIpc) is 2.99. The number of hydrogen-bond acceptors (Lipinski definition) is 3. The molecule has 1 amide bonds. The van der Waals surface area contributed by atoms with Crippen LogP contribution in [0.1, 0.15) is 10.4 Å². The Labute approximate surface area is 120 Å². The molecule has 21 heavy (non-hydrogen) atoms. The van der Waals surface area contributed by atoms with Crippen LogP contribution in [-0.2, 0) is 0 Å². The van der Waals surface area contributed by atoms with Crippen molar-refractivity contribution in [2.24, 2.45) is 5.73 Å². The van der Waals surface area contributed by atoms with Crippen molar-refractivity contribution in [1.29, 1.82) is 5.41 Å². The molecule has 2 aromatic carbocycles. The van der Waals surface area contributed by atoms with E-state index in [1.807, 2.05) is 30.3 Å². The van der Waals surface area contributed by atoms with Gasteiger partial charge in [-0.25, -0.2) is 0 Å². The number of amides is 1. The molecule has 4 N–H and O–H groups in total. The minimum absolute atomic E-state index is 0.368. The first-order valence-corrected chi connectivity index (χ1v) is 6.36. The van der Waals surface area contributed by atoms with Crippen LogP contribution in [0.15, 0.2) is 59.4 Å². The summed E-state index contributed by atoms with van der Waals surface area (Å²) in [6.45, 7) is 0. The Hall–Kier alpha value is -3.08. The van der Waals surface area contributed by atoms with Gasteiger partial charge in [0.15, 0.2) is 5.96 Å². The highest BCUT2D eigenvalue weighted by Gasteiger charge is 2.09. The normalized spacial score (nSPS) is 10.5. The van der Waals surface area contributed by atoms with E-state index in [9.17, 15) is 4.79 Å². The van der Waals surface area contributed by atoms with E-state index in [0.29, 0.717) is 5.56 Å². The van der Waals surface area contributed by atoms with Gasteiger partial charge in [0.2, 0.25) is 0 Å². The number of hydrogen-bond donors (Lipinski definition) is 3. The molecule has 0 aliphatic rings. The zero-order chi connectivity index (χ0) is 14.8. The number of nitrogens with two attached hydrogens (primary N) is 1. The molecule has 1 heterocycles. The molecular formula is C16H13N3O2. The number of furan rings is 1. The van der Waals surface area contributed by atoms with Crippen LogP contribution in [0.2, 0.25) is 0 Å². The Balaban J connectivity index is 2.08. The molecule has 0 bridgehead atoms. The summed E-state index contributed by atoms with van der Waals surface area (Å²) >= 11 is 0. The van der Waals surface area contributed by atoms with Gasteiger partial charge in [-0.1, -0.05) is 24.3 Å². The fourth-order valence-electron chi connectivity index (χ4n) is 2.29. The van der Waals surface area contributed by atoms with E-state index in [1.165, 1.54) is 0 Å². The molecule has 3 rings (SSSR count). The fraction of sp³-hybridized carbons (Fsp3) is 0. The lowest BCUT2D eigenvalue weighted by Gasteiger charge is -2.07. The first kappa shape index (κ1) is 12.9. The summed E-state index contributed by atoms with van der Waals surface area (Å²) in [5.74, 6) is -0.759. The van der Waals surface area contributed by atoms with Gasteiger partial charge < -0.3 is 10.2 Å². The van der Waals surface area contributed by atoms with E-state index in [2.05, 4.69) is 5.32 Å². The molecule has 0 atom stereocenters. The van der Waals surface area contributed by atoms with Gasteiger partial charge in [0.1, 0.15) is 0 Å². The summed E-state index contributed by atoms with van der Waals surface area (Å²) < 4.78 is 5.12. The van der Waals surface area contributed by atoms with Crippen LogP contribution < -0.4 is 11.1 Å². The van der Waals surface area contributed by atoms with Crippen LogP contribution in [0.3, 0.4) is 0 Å². The fourth-order valence-corrected chi connectivity index (χ4v) is 2.29. The van der Waals surface area contributed by atoms with Crippen molar-refractivity contribution >= 4 is 22.6 Å². The highest BCUT2D eigenvalue weighted by Crippen LogP contribution is 2.29. The number of fused-ring (bicyclic) bond motifs is 1. The second kappa shape index (κ2) is 5.13. The number of nitrogens with one attached hydrogen (secondary N) is 2. The minimum Gasteiger partial charge on any atom is -0.472 e. The highest BCUT2D eigenvalue weighted by molar-refractivity contribution is 6.07. The molecule has 0 unspecified atom stereocenters. The summed E-state index contributed by atoms with van der Waals surface area (Å²) in [7, 11) is 0. The summed E-state index contributed by atoms with van der Waals surface area (Å²) in [6.07, 6.45) is 3.31. The van der Waals surface area contributed by atoms with Gasteiger partial charge in [-0.05, 0) is 34.5 Å². The van der Waals surface area contributed by atoms with Crippen molar-refractivity contribution in [3.8, 4) is 11.1 Å². The van der Waals surface area contributed by atoms with Crippen LogP contribution in [0.5, 0.6) is 0 Å².